The Kier molecular flexibility index (Phi) is 7.20. The molecular weight excluding hydrogens is 416 g/mol. The van der Waals surface area contributed by atoms with E-state index in [1.165, 1.54) is 6.92 Å². The van der Waals surface area contributed by atoms with Gasteiger partial charge in [-0.2, -0.15) is 0 Å². The van der Waals surface area contributed by atoms with Crippen molar-refractivity contribution >= 4 is 11.9 Å². The lowest BCUT2D eigenvalue weighted by atomic mass is 9.94. The summed E-state index contributed by atoms with van der Waals surface area (Å²) in [5.41, 5.74) is 2.40. The van der Waals surface area contributed by atoms with Crippen LogP contribution < -0.4 is 5.32 Å². The molecule has 2 atom stereocenters. The van der Waals surface area contributed by atoms with Crippen LogP contribution in [0.25, 0.3) is 11.1 Å². The van der Waals surface area contributed by atoms with Crippen LogP contribution in [-0.2, 0) is 11.2 Å². The number of nitrogens with one attached hydrogen (secondary N) is 1. The van der Waals surface area contributed by atoms with Gasteiger partial charge in [-0.15, -0.1) is 0 Å². The summed E-state index contributed by atoms with van der Waals surface area (Å²) >= 11 is 0. The predicted molar refractivity (Wildman–Crippen MR) is 116 cm³/mol. The Labute approximate surface area is 184 Å². The molecule has 0 aliphatic heterocycles. The molecule has 166 valence electrons. The van der Waals surface area contributed by atoms with Crippen molar-refractivity contribution in [2.75, 3.05) is 0 Å². The Bertz CT molecular complexity index is 1100. The molecule has 0 bridgehead atoms. The molecule has 0 spiro atoms. The SMILES string of the molecule is CC(CC(Cc1ccc(-c2ccccc2)cc1)NC(=O)c1ccc(F)c(O)c1F)C(=O)O. The fraction of sp³-hybridized carbons (Fsp3) is 0.200. The number of rotatable bonds is 8. The quantitative estimate of drug-likeness (QED) is 0.471. The van der Waals surface area contributed by atoms with Crippen LogP contribution >= 0.6 is 0 Å². The molecule has 3 aromatic rings. The van der Waals surface area contributed by atoms with Gasteiger partial charge in [0, 0.05) is 6.04 Å². The highest BCUT2D eigenvalue weighted by atomic mass is 19.1. The van der Waals surface area contributed by atoms with Gasteiger partial charge >= 0.3 is 5.97 Å². The third kappa shape index (κ3) is 5.49. The smallest absolute Gasteiger partial charge is 0.306 e. The van der Waals surface area contributed by atoms with Crippen molar-refractivity contribution in [2.24, 2.45) is 5.92 Å². The van der Waals surface area contributed by atoms with Gasteiger partial charge in [0.15, 0.2) is 17.4 Å². The highest BCUT2D eigenvalue weighted by Crippen LogP contribution is 2.24. The number of benzene rings is 3. The summed E-state index contributed by atoms with van der Waals surface area (Å²) in [5, 5.41) is 21.3. The maximum absolute atomic E-state index is 14.1. The molecule has 2 unspecified atom stereocenters. The summed E-state index contributed by atoms with van der Waals surface area (Å²) in [4.78, 5) is 23.9. The Morgan fingerprint density at radius 2 is 1.56 bits per heavy atom. The molecule has 0 saturated carbocycles. The summed E-state index contributed by atoms with van der Waals surface area (Å²) in [6, 6.07) is 18.5. The van der Waals surface area contributed by atoms with Crippen molar-refractivity contribution in [1.29, 1.82) is 0 Å². The molecule has 3 rings (SSSR count). The van der Waals surface area contributed by atoms with Crippen LogP contribution in [-0.4, -0.2) is 28.1 Å². The van der Waals surface area contributed by atoms with Gasteiger partial charge in [0.05, 0.1) is 11.5 Å². The van der Waals surface area contributed by atoms with E-state index in [4.69, 9.17) is 0 Å². The van der Waals surface area contributed by atoms with Gasteiger partial charge in [0.1, 0.15) is 0 Å². The molecule has 0 fully saturated rings. The van der Waals surface area contributed by atoms with Crippen molar-refractivity contribution in [2.45, 2.75) is 25.8 Å². The fourth-order valence-electron chi connectivity index (χ4n) is 3.45. The highest BCUT2D eigenvalue weighted by molar-refractivity contribution is 5.95. The Morgan fingerprint density at radius 3 is 2.19 bits per heavy atom. The van der Waals surface area contributed by atoms with E-state index in [1.54, 1.807) is 0 Å². The third-order valence-corrected chi connectivity index (χ3v) is 5.25. The summed E-state index contributed by atoms with van der Waals surface area (Å²) in [6.45, 7) is 1.52. The second-order valence-electron chi connectivity index (χ2n) is 7.67. The van der Waals surface area contributed by atoms with Gasteiger partial charge in [-0.25, -0.2) is 8.78 Å². The van der Waals surface area contributed by atoms with E-state index < -0.39 is 46.8 Å². The van der Waals surface area contributed by atoms with Gasteiger partial charge in [-0.3, -0.25) is 9.59 Å². The monoisotopic (exact) mass is 439 g/mol. The van der Waals surface area contributed by atoms with E-state index in [0.29, 0.717) is 6.42 Å². The number of carbonyl (C=O) groups excluding carboxylic acids is 1. The molecule has 3 N–H and O–H groups in total. The number of carboxylic acids is 1. The number of halogens is 2. The normalized spacial score (nSPS) is 12.7. The first-order valence-electron chi connectivity index (χ1n) is 10.1. The molecule has 0 heterocycles. The molecule has 0 saturated heterocycles. The number of carboxylic acid groups (broad SMARTS) is 1. The number of amides is 1. The number of phenols is 1. The van der Waals surface area contributed by atoms with Crippen molar-refractivity contribution in [1.82, 2.24) is 5.32 Å². The first kappa shape index (κ1) is 22.9. The van der Waals surface area contributed by atoms with Crippen LogP contribution in [0.4, 0.5) is 8.78 Å². The lowest BCUT2D eigenvalue weighted by Gasteiger charge is -2.21. The van der Waals surface area contributed by atoms with Gasteiger partial charge in [0.25, 0.3) is 5.91 Å². The van der Waals surface area contributed by atoms with E-state index in [9.17, 15) is 28.6 Å². The van der Waals surface area contributed by atoms with Crippen molar-refractivity contribution < 1.29 is 28.6 Å². The van der Waals surface area contributed by atoms with Crippen molar-refractivity contribution in [3.63, 3.8) is 0 Å². The lowest BCUT2D eigenvalue weighted by Crippen LogP contribution is -2.39. The molecule has 0 aliphatic carbocycles. The molecule has 0 aliphatic rings. The van der Waals surface area contributed by atoms with E-state index >= 15 is 0 Å². The first-order chi connectivity index (χ1) is 15.3. The molecule has 5 nitrogen and oxygen atoms in total. The maximum Gasteiger partial charge on any atom is 0.306 e. The van der Waals surface area contributed by atoms with Crippen LogP contribution in [0.1, 0.15) is 29.3 Å². The van der Waals surface area contributed by atoms with Crippen LogP contribution in [0.15, 0.2) is 66.7 Å². The predicted octanol–water partition coefficient (Wildman–Crippen LogP) is 4.79. The van der Waals surface area contributed by atoms with Crippen LogP contribution in [0.5, 0.6) is 5.75 Å². The lowest BCUT2D eigenvalue weighted by molar-refractivity contribution is -0.141. The summed E-state index contributed by atoms with van der Waals surface area (Å²) in [7, 11) is 0. The van der Waals surface area contributed by atoms with Gasteiger partial charge in [-0.05, 0) is 41.7 Å². The number of aliphatic carboxylic acids is 1. The van der Waals surface area contributed by atoms with Crippen molar-refractivity contribution in [3.05, 3.63) is 89.5 Å². The molecule has 0 radical (unpaired) electrons. The topological polar surface area (TPSA) is 86.6 Å². The Hall–Kier alpha value is -3.74. The first-order valence-corrected chi connectivity index (χ1v) is 10.1. The minimum absolute atomic E-state index is 0.107. The highest BCUT2D eigenvalue weighted by Gasteiger charge is 2.24. The average molecular weight is 439 g/mol. The zero-order valence-corrected chi connectivity index (χ0v) is 17.4. The average Bonchev–Trinajstić information content (AvgIpc) is 2.78. The summed E-state index contributed by atoms with van der Waals surface area (Å²) in [5.74, 6) is -6.40. The van der Waals surface area contributed by atoms with E-state index in [0.717, 1.165) is 28.8 Å². The second kappa shape index (κ2) is 10.0. The van der Waals surface area contributed by atoms with Gasteiger partial charge in [0.2, 0.25) is 0 Å². The third-order valence-electron chi connectivity index (χ3n) is 5.25. The summed E-state index contributed by atoms with van der Waals surface area (Å²) in [6.07, 6.45) is 0.420. The number of aromatic hydroxyl groups is 1. The largest absolute Gasteiger partial charge is 0.503 e. The number of hydrogen-bond acceptors (Lipinski definition) is 3. The molecule has 0 aromatic heterocycles. The van der Waals surface area contributed by atoms with Gasteiger partial charge in [-0.1, -0.05) is 61.5 Å². The minimum atomic E-state index is -1.36. The molecule has 32 heavy (non-hydrogen) atoms. The van der Waals surface area contributed by atoms with Crippen LogP contribution in [0.2, 0.25) is 0 Å². The maximum atomic E-state index is 14.1. The van der Waals surface area contributed by atoms with Gasteiger partial charge < -0.3 is 15.5 Å². The Morgan fingerprint density at radius 1 is 0.938 bits per heavy atom. The number of carbonyl (C=O) groups is 2. The van der Waals surface area contributed by atoms with E-state index in [2.05, 4.69) is 5.32 Å². The van der Waals surface area contributed by atoms with Crippen LogP contribution in [0, 0.1) is 17.6 Å². The minimum Gasteiger partial charge on any atom is -0.503 e. The number of phenolic OH excluding ortho intramolecular Hbond substituents is 1. The summed E-state index contributed by atoms with van der Waals surface area (Å²) < 4.78 is 27.4. The zero-order valence-electron chi connectivity index (χ0n) is 17.4. The standard InChI is InChI=1S/C25H23F2NO4/c1-15(25(31)32)13-19(28-24(30)20-11-12-21(26)23(29)22(20)27)14-16-7-9-18(10-8-16)17-5-3-2-4-6-17/h2-12,15,19,29H,13-14H2,1H3,(H,28,30)(H,31,32). The molecule has 7 heteroatoms. The zero-order chi connectivity index (χ0) is 23.3. The fourth-order valence-corrected chi connectivity index (χ4v) is 3.45. The van der Waals surface area contributed by atoms with Crippen LogP contribution in [0.3, 0.4) is 0 Å². The molecule has 3 aromatic carbocycles. The number of hydrogen-bond donors (Lipinski definition) is 3. The molecular formula is C25H23F2NO4. The Balaban J connectivity index is 1.79. The van der Waals surface area contributed by atoms with Crippen molar-refractivity contribution in [3.8, 4) is 16.9 Å². The second-order valence-corrected chi connectivity index (χ2v) is 7.67. The van der Waals surface area contributed by atoms with E-state index in [-0.39, 0.29) is 6.42 Å². The van der Waals surface area contributed by atoms with E-state index in [1.807, 2.05) is 54.6 Å². The molecule has 1 amide bonds.